The van der Waals surface area contributed by atoms with Gasteiger partial charge in [-0.3, -0.25) is 0 Å². The largest absolute Gasteiger partial charge is 0.361 e. The van der Waals surface area contributed by atoms with Gasteiger partial charge in [0.25, 0.3) is 0 Å². The number of hydrogen-bond donors (Lipinski definition) is 1. The summed E-state index contributed by atoms with van der Waals surface area (Å²) in [5.74, 6) is 1.00. The molecule has 0 bridgehead atoms. The molecule has 0 aliphatic heterocycles. The maximum absolute atomic E-state index is 5.93. The predicted octanol–water partition coefficient (Wildman–Crippen LogP) is 1.44. The SMILES string of the molecule is CC(C)(N)Cc1onc2c1CCC2. The van der Waals surface area contributed by atoms with Crippen molar-refractivity contribution in [3.8, 4) is 0 Å². The highest BCUT2D eigenvalue weighted by atomic mass is 16.5. The second-order valence-electron chi connectivity index (χ2n) is 4.55. The van der Waals surface area contributed by atoms with Crippen molar-refractivity contribution in [1.29, 1.82) is 0 Å². The lowest BCUT2D eigenvalue weighted by molar-refractivity contribution is 0.346. The van der Waals surface area contributed by atoms with Crippen LogP contribution >= 0.6 is 0 Å². The van der Waals surface area contributed by atoms with Crippen LogP contribution in [0.4, 0.5) is 0 Å². The molecule has 0 atom stereocenters. The minimum Gasteiger partial charge on any atom is -0.361 e. The summed E-state index contributed by atoms with van der Waals surface area (Å²) in [5, 5.41) is 4.05. The molecule has 0 saturated heterocycles. The third kappa shape index (κ3) is 1.75. The van der Waals surface area contributed by atoms with Crippen molar-refractivity contribution in [3.63, 3.8) is 0 Å². The molecule has 0 unspecified atom stereocenters. The summed E-state index contributed by atoms with van der Waals surface area (Å²) < 4.78 is 5.28. The highest BCUT2D eigenvalue weighted by Gasteiger charge is 2.24. The predicted molar refractivity (Wildman–Crippen MR) is 50.5 cm³/mol. The highest BCUT2D eigenvalue weighted by Crippen LogP contribution is 2.26. The smallest absolute Gasteiger partial charge is 0.141 e. The van der Waals surface area contributed by atoms with Gasteiger partial charge in [-0.15, -0.1) is 0 Å². The molecule has 0 spiro atoms. The van der Waals surface area contributed by atoms with Crippen LogP contribution in [-0.2, 0) is 19.3 Å². The number of aryl methyl sites for hydroxylation is 1. The fourth-order valence-corrected chi connectivity index (χ4v) is 1.85. The fourth-order valence-electron chi connectivity index (χ4n) is 1.85. The van der Waals surface area contributed by atoms with Crippen LogP contribution < -0.4 is 5.73 Å². The van der Waals surface area contributed by atoms with E-state index in [1.165, 1.54) is 12.0 Å². The Labute approximate surface area is 78.3 Å². The Kier molecular flexibility index (Phi) is 1.91. The molecule has 3 nitrogen and oxygen atoms in total. The Morgan fingerprint density at radius 2 is 2.23 bits per heavy atom. The van der Waals surface area contributed by atoms with E-state index in [0.29, 0.717) is 0 Å². The van der Waals surface area contributed by atoms with E-state index in [4.69, 9.17) is 10.3 Å². The molecule has 72 valence electrons. The van der Waals surface area contributed by atoms with E-state index >= 15 is 0 Å². The van der Waals surface area contributed by atoms with Crippen LogP contribution in [0, 0.1) is 0 Å². The van der Waals surface area contributed by atoms with Gasteiger partial charge >= 0.3 is 0 Å². The van der Waals surface area contributed by atoms with E-state index in [-0.39, 0.29) is 5.54 Å². The summed E-state index contributed by atoms with van der Waals surface area (Å²) in [5.41, 5.74) is 8.20. The number of rotatable bonds is 2. The van der Waals surface area contributed by atoms with Crippen LogP contribution in [0.1, 0.15) is 37.3 Å². The van der Waals surface area contributed by atoms with E-state index in [0.717, 1.165) is 30.7 Å². The Balaban J connectivity index is 2.22. The zero-order chi connectivity index (χ0) is 9.47. The third-order valence-electron chi connectivity index (χ3n) is 2.41. The third-order valence-corrected chi connectivity index (χ3v) is 2.41. The lowest BCUT2D eigenvalue weighted by Gasteiger charge is -2.16. The van der Waals surface area contributed by atoms with Crippen molar-refractivity contribution in [2.24, 2.45) is 5.73 Å². The van der Waals surface area contributed by atoms with Crippen molar-refractivity contribution in [3.05, 3.63) is 17.0 Å². The molecule has 1 aromatic rings. The molecule has 2 rings (SSSR count). The molecule has 0 aromatic carbocycles. The van der Waals surface area contributed by atoms with Gasteiger partial charge in [-0.25, -0.2) is 0 Å². The monoisotopic (exact) mass is 180 g/mol. The zero-order valence-electron chi connectivity index (χ0n) is 8.26. The molecule has 0 saturated carbocycles. The second-order valence-corrected chi connectivity index (χ2v) is 4.55. The van der Waals surface area contributed by atoms with Crippen molar-refractivity contribution >= 4 is 0 Å². The highest BCUT2D eigenvalue weighted by molar-refractivity contribution is 5.28. The number of hydrogen-bond acceptors (Lipinski definition) is 3. The Bertz CT molecular complexity index is 309. The minimum absolute atomic E-state index is 0.199. The Hall–Kier alpha value is -0.830. The molecule has 1 heterocycles. The summed E-state index contributed by atoms with van der Waals surface area (Å²) >= 11 is 0. The van der Waals surface area contributed by atoms with Gasteiger partial charge in [0.05, 0.1) is 5.69 Å². The van der Waals surface area contributed by atoms with Crippen LogP contribution in [0.2, 0.25) is 0 Å². The van der Waals surface area contributed by atoms with Gasteiger partial charge in [-0.1, -0.05) is 5.16 Å². The quantitative estimate of drug-likeness (QED) is 0.749. The lowest BCUT2D eigenvalue weighted by atomic mass is 9.98. The van der Waals surface area contributed by atoms with Gasteiger partial charge in [0, 0.05) is 17.5 Å². The maximum atomic E-state index is 5.93. The van der Waals surface area contributed by atoms with Gasteiger partial charge in [0.15, 0.2) is 0 Å². The standard InChI is InChI=1S/C10H16N2O/c1-10(2,11)6-9-7-4-3-5-8(7)12-13-9/h3-6,11H2,1-2H3. The molecule has 0 fully saturated rings. The van der Waals surface area contributed by atoms with E-state index in [2.05, 4.69) is 5.16 Å². The Morgan fingerprint density at radius 1 is 1.46 bits per heavy atom. The molecule has 1 aromatic heterocycles. The van der Waals surface area contributed by atoms with Crippen molar-refractivity contribution in [2.75, 3.05) is 0 Å². The van der Waals surface area contributed by atoms with Gasteiger partial charge in [0.2, 0.25) is 0 Å². The van der Waals surface area contributed by atoms with Crippen LogP contribution in [0.3, 0.4) is 0 Å². The average Bonchev–Trinajstić information content (AvgIpc) is 2.50. The first-order chi connectivity index (χ1) is 6.06. The minimum atomic E-state index is -0.199. The van der Waals surface area contributed by atoms with Crippen molar-refractivity contribution in [1.82, 2.24) is 5.16 Å². The second kappa shape index (κ2) is 2.84. The summed E-state index contributed by atoms with van der Waals surface area (Å²) in [6.45, 7) is 4.02. The number of nitrogens with two attached hydrogens (primary N) is 1. The zero-order valence-corrected chi connectivity index (χ0v) is 8.26. The molecule has 1 aliphatic rings. The maximum Gasteiger partial charge on any atom is 0.141 e. The first-order valence-electron chi connectivity index (χ1n) is 4.81. The van der Waals surface area contributed by atoms with E-state index < -0.39 is 0 Å². The molecule has 13 heavy (non-hydrogen) atoms. The van der Waals surface area contributed by atoms with Crippen LogP contribution in [-0.4, -0.2) is 10.7 Å². The molecular formula is C10H16N2O. The van der Waals surface area contributed by atoms with Crippen LogP contribution in [0.15, 0.2) is 4.52 Å². The summed E-state index contributed by atoms with van der Waals surface area (Å²) in [4.78, 5) is 0. The van der Waals surface area contributed by atoms with Gasteiger partial charge < -0.3 is 10.3 Å². The van der Waals surface area contributed by atoms with Crippen molar-refractivity contribution in [2.45, 2.75) is 45.1 Å². The average molecular weight is 180 g/mol. The fraction of sp³-hybridized carbons (Fsp3) is 0.700. The van der Waals surface area contributed by atoms with E-state index in [1.807, 2.05) is 13.8 Å². The molecule has 2 N–H and O–H groups in total. The molecule has 0 amide bonds. The van der Waals surface area contributed by atoms with E-state index in [9.17, 15) is 0 Å². The number of nitrogens with zero attached hydrogens (tertiary/aromatic N) is 1. The lowest BCUT2D eigenvalue weighted by Crippen LogP contribution is -2.34. The van der Waals surface area contributed by atoms with Crippen LogP contribution in [0.5, 0.6) is 0 Å². The first-order valence-corrected chi connectivity index (χ1v) is 4.81. The van der Waals surface area contributed by atoms with Crippen LogP contribution in [0.25, 0.3) is 0 Å². The Morgan fingerprint density at radius 3 is 2.92 bits per heavy atom. The molecule has 1 aliphatic carbocycles. The van der Waals surface area contributed by atoms with Gasteiger partial charge in [0.1, 0.15) is 5.76 Å². The topological polar surface area (TPSA) is 52.0 Å². The molecule has 3 heteroatoms. The van der Waals surface area contributed by atoms with Crippen molar-refractivity contribution < 1.29 is 4.52 Å². The summed E-state index contributed by atoms with van der Waals surface area (Å²) in [6, 6.07) is 0. The summed E-state index contributed by atoms with van der Waals surface area (Å²) in [6.07, 6.45) is 4.19. The first kappa shape index (κ1) is 8.75. The van der Waals surface area contributed by atoms with Gasteiger partial charge in [-0.2, -0.15) is 0 Å². The molecule has 0 radical (unpaired) electrons. The number of fused-ring (bicyclic) bond motifs is 1. The van der Waals surface area contributed by atoms with E-state index in [1.54, 1.807) is 0 Å². The number of aromatic nitrogens is 1. The normalized spacial score (nSPS) is 16.2. The van der Waals surface area contributed by atoms with Gasteiger partial charge in [-0.05, 0) is 33.1 Å². The molecular weight excluding hydrogens is 164 g/mol. The summed E-state index contributed by atoms with van der Waals surface area (Å²) in [7, 11) is 0.